The Morgan fingerprint density at radius 2 is 1.88 bits per heavy atom. The Bertz CT molecular complexity index is 322. The van der Waals surface area contributed by atoms with Gasteiger partial charge in [0.2, 0.25) is 0 Å². The first-order valence-electron chi connectivity index (χ1n) is 5.47. The molecule has 0 radical (unpaired) electrons. The molecule has 6 nitrogen and oxygen atoms in total. The van der Waals surface area contributed by atoms with Gasteiger partial charge >= 0.3 is 6.03 Å². The third-order valence-corrected chi connectivity index (χ3v) is 3.31. The van der Waals surface area contributed by atoms with Crippen molar-refractivity contribution in [1.82, 2.24) is 10.6 Å². The number of nitrogens with one attached hydrogen (secondary N) is 2. The van der Waals surface area contributed by atoms with Gasteiger partial charge in [-0.2, -0.15) is 8.42 Å². The molecule has 0 unspecified atom stereocenters. The largest absolute Gasteiger partial charge is 0.337 e. The molecular weight excluding hydrogens is 232 g/mol. The number of carbonyl (C=O) groups excluding carboxylic acids is 1. The smallest absolute Gasteiger partial charge is 0.315 e. The molecule has 1 saturated carbocycles. The fourth-order valence-corrected chi connectivity index (χ4v) is 2.14. The highest BCUT2D eigenvalue weighted by Gasteiger charge is 2.15. The van der Waals surface area contributed by atoms with E-state index in [2.05, 4.69) is 10.6 Å². The number of hydrogen-bond acceptors (Lipinski definition) is 3. The summed E-state index contributed by atoms with van der Waals surface area (Å²) in [5, 5.41) is 5.18. The minimum Gasteiger partial charge on any atom is -0.337 e. The molecule has 0 aromatic heterocycles. The topological polar surface area (TPSA) is 95.5 Å². The molecule has 2 amide bonds. The highest BCUT2D eigenvalue weighted by molar-refractivity contribution is 7.85. The Kier molecular flexibility index (Phi) is 5.01. The van der Waals surface area contributed by atoms with Crippen molar-refractivity contribution >= 4 is 16.1 Å². The third kappa shape index (κ3) is 5.92. The molecule has 0 spiro atoms. The number of hydrogen-bond donors (Lipinski definition) is 3. The lowest BCUT2D eigenvalue weighted by Gasteiger charge is -2.22. The van der Waals surface area contributed by atoms with E-state index in [9.17, 15) is 13.2 Å². The maximum absolute atomic E-state index is 11.3. The van der Waals surface area contributed by atoms with Gasteiger partial charge in [-0.15, -0.1) is 0 Å². The highest BCUT2D eigenvalue weighted by atomic mass is 32.2. The standard InChI is InChI=1S/C9H18N2O4S/c12-9(10-6-7-16(13,14)15)11-8-4-2-1-3-5-8/h8H,1-7H2,(H2,10,11,12)(H,13,14,15). The monoisotopic (exact) mass is 250 g/mol. The fraction of sp³-hybridized carbons (Fsp3) is 0.889. The predicted molar refractivity (Wildman–Crippen MR) is 59.8 cm³/mol. The zero-order chi connectivity index (χ0) is 12.0. The van der Waals surface area contributed by atoms with Gasteiger partial charge in [0, 0.05) is 12.6 Å². The van der Waals surface area contributed by atoms with Crippen LogP contribution in [-0.4, -0.2) is 37.3 Å². The molecule has 0 atom stereocenters. The van der Waals surface area contributed by atoms with Crippen LogP contribution in [0.15, 0.2) is 0 Å². The van der Waals surface area contributed by atoms with Gasteiger partial charge in [0.05, 0.1) is 5.75 Å². The number of carbonyl (C=O) groups is 1. The molecule has 0 aromatic carbocycles. The van der Waals surface area contributed by atoms with Gasteiger partial charge in [-0.1, -0.05) is 19.3 Å². The maximum Gasteiger partial charge on any atom is 0.315 e. The average molecular weight is 250 g/mol. The molecule has 1 rings (SSSR count). The van der Waals surface area contributed by atoms with Crippen molar-refractivity contribution < 1.29 is 17.8 Å². The second-order valence-electron chi connectivity index (χ2n) is 4.02. The lowest BCUT2D eigenvalue weighted by molar-refractivity contribution is 0.233. The summed E-state index contributed by atoms with van der Waals surface area (Å²) in [5.41, 5.74) is 0. The lowest BCUT2D eigenvalue weighted by Crippen LogP contribution is -2.44. The zero-order valence-corrected chi connectivity index (χ0v) is 9.92. The van der Waals surface area contributed by atoms with Crippen LogP contribution in [-0.2, 0) is 10.1 Å². The van der Waals surface area contributed by atoms with E-state index in [1.54, 1.807) is 0 Å². The van der Waals surface area contributed by atoms with Crippen LogP contribution in [0.3, 0.4) is 0 Å². The summed E-state index contributed by atoms with van der Waals surface area (Å²) in [5.74, 6) is -0.453. The first-order chi connectivity index (χ1) is 7.47. The van der Waals surface area contributed by atoms with Gasteiger partial charge in [0.25, 0.3) is 10.1 Å². The van der Waals surface area contributed by atoms with Crippen molar-refractivity contribution in [2.45, 2.75) is 38.1 Å². The van der Waals surface area contributed by atoms with Crippen LogP contribution in [0.25, 0.3) is 0 Å². The van der Waals surface area contributed by atoms with Crippen molar-refractivity contribution in [2.75, 3.05) is 12.3 Å². The summed E-state index contributed by atoms with van der Waals surface area (Å²) in [6.45, 7) is -0.0720. The van der Waals surface area contributed by atoms with Crippen LogP contribution in [0, 0.1) is 0 Å². The van der Waals surface area contributed by atoms with Crippen LogP contribution >= 0.6 is 0 Å². The molecule has 0 bridgehead atoms. The second-order valence-corrected chi connectivity index (χ2v) is 5.59. The minimum absolute atomic E-state index is 0.0720. The minimum atomic E-state index is -4.00. The first kappa shape index (κ1) is 13.2. The van der Waals surface area contributed by atoms with Gasteiger partial charge in [0.15, 0.2) is 0 Å². The van der Waals surface area contributed by atoms with Gasteiger partial charge in [0.1, 0.15) is 0 Å². The first-order valence-corrected chi connectivity index (χ1v) is 7.08. The summed E-state index contributed by atoms with van der Waals surface area (Å²) in [7, 11) is -4.00. The Morgan fingerprint density at radius 3 is 2.44 bits per heavy atom. The van der Waals surface area contributed by atoms with Gasteiger partial charge < -0.3 is 10.6 Å². The summed E-state index contributed by atoms with van der Waals surface area (Å²) in [6, 6.07) is -0.171. The average Bonchev–Trinajstić information content (AvgIpc) is 2.17. The lowest BCUT2D eigenvalue weighted by atomic mass is 9.96. The van der Waals surface area contributed by atoms with E-state index >= 15 is 0 Å². The molecule has 16 heavy (non-hydrogen) atoms. The molecule has 3 N–H and O–H groups in total. The van der Waals surface area contributed by atoms with Crippen LogP contribution < -0.4 is 10.6 Å². The summed E-state index contributed by atoms with van der Waals surface area (Å²) < 4.78 is 29.2. The van der Waals surface area contributed by atoms with Gasteiger partial charge in [-0.05, 0) is 12.8 Å². The third-order valence-electron chi connectivity index (χ3n) is 2.59. The maximum atomic E-state index is 11.3. The van der Waals surface area contributed by atoms with E-state index in [0.29, 0.717) is 0 Å². The van der Waals surface area contributed by atoms with Crippen molar-refractivity contribution in [3.05, 3.63) is 0 Å². The Morgan fingerprint density at radius 1 is 1.25 bits per heavy atom. The molecule has 0 heterocycles. The molecule has 1 fully saturated rings. The van der Waals surface area contributed by atoms with Crippen molar-refractivity contribution in [1.29, 1.82) is 0 Å². The van der Waals surface area contributed by atoms with E-state index in [4.69, 9.17) is 4.55 Å². The molecule has 1 aliphatic carbocycles. The Labute approximate surface area is 95.5 Å². The van der Waals surface area contributed by atoms with Crippen LogP contribution in [0.4, 0.5) is 4.79 Å². The zero-order valence-electron chi connectivity index (χ0n) is 9.11. The van der Waals surface area contributed by atoms with E-state index in [1.807, 2.05) is 0 Å². The Hall–Kier alpha value is -0.820. The fourth-order valence-electron chi connectivity index (χ4n) is 1.78. The predicted octanol–water partition coefficient (Wildman–Crippen LogP) is 0.506. The van der Waals surface area contributed by atoms with Crippen LogP contribution in [0.1, 0.15) is 32.1 Å². The second kappa shape index (κ2) is 6.05. The van der Waals surface area contributed by atoms with E-state index in [-0.39, 0.29) is 18.6 Å². The highest BCUT2D eigenvalue weighted by Crippen LogP contribution is 2.16. The van der Waals surface area contributed by atoms with Crippen molar-refractivity contribution in [2.24, 2.45) is 0 Å². The molecule has 0 aromatic rings. The molecule has 7 heteroatoms. The van der Waals surface area contributed by atoms with E-state index in [1.165, 1.54) is 6.42 Å². The summed E-state index contributed by atoms with van der Waals surface area (Å²) in [4.78, 5) is 11.3. The van der Waals surface area contributed by atoms with Crippen molar-refractivity contribution in [3.63, 3.8) is 0 Å². The van der Waals surface area contributed by atoms with Crippen molar-refractivity contribution in [3.8, 4) is 0 Å². The molecular formula is C9H18N2O4S. The van der Waals surface area contributed by atoms with Crippen LogP contribution in [0.2, 0.25) is 0 Å². The van der Waals surface area contributed by atoms with E-state index in [0.717, 1.165) is 25.7 Å². The molecule has 0 aliphatic heterocycles. The van der Waals surface area contributed by atoms with Crippen LogP contribution in [0.5, 0.6) is 0 Å². The molecule has 0 saturated heterocycles. The van der Waals surface area contributed by atoms with Gasteiger partial charge in [-0.3, -0.25) is 4.55 Å². The number of urea groups is 1. The molecule has 1 aliphatic rings. The summed E-state index contributed by atoms with van der Waals surface area (Å²) in [6.07, 6.45) is 5.41. The normalized spacial score (nSPS) is 18.1. The van der Waals surface area contributed by atoms with Gasteiger partial charge in [-0.25, -0.2) is 4.79 Å². The number of rotatable bonds is 4. The SMILES string of the molecule is O=C(NCCS(=O)(=O)O)NC1CCCCC1. The number of amides is 2. The summed E-state index contributed by atoms with van der Waals surface area (Å²) >= 11 is 0. The van der Waals surface area contributed by atoms with E-state index < -0.39 is 15.9 Å². The Balaban J connectivity index is 2.15. The molecule has 94 valence electrons. The quantitative estimate of drug-likeness (QED) is 0.633.